The molecule has 0 aliphatic heterocycles. The third kappa shape index (κ3) is 2.93. The van der Waals surface area contributed by atoms with Gasteiger partial charge in [-0.1, -0.05) is 36.4 Å². The summed E-state index contributed by atoms with van der Waals surface area (Å²) in [6, 6.07) is 13.0. The molecule has 0 unspecified atom stereocenters. The lowest BCUT2D eigenvalue weighted by molar-refractivity contribution is 0.0980. The predicted molar refractivity (Wildman–Crippen MR) is 104 cm³/mol. The summed E-state index contributed by atoms with van der Waals surface area (Å²) in [4.78, 5) is 25.3. The summed E-state index contributed by atoms with van der Waals surface area (Å²) in [5.41, 5.74) is 4.97. The van der Waals surface area contributed by atoms with Crippen LogP contribution in [0.3, 0.4) is 0 Å². The Morgan fingerprint density at radius 2 is 1.41 bits per heavy atom. The molecule has 0 saturated carbocycles. The lowest BCUT2D eigenvalue weighted by atomic mass is 9.82. The Hall–Kier alpha value is -3.69. The molecule has 9 heteroatoms. The Morgan fingerprint density at radius 1 is 0.862 bits per heavy atom. The molecule has 8 nitrogen and oxygen atoms in total. The molecule has 0 amide bonds. The number of phenolic OH excluding ortho intramolecular Hbond substituents is 1. The average Bonchev–Trinajstić information content (AvgIpc) is 2.68. The molecule has 146 valence electrons. The molecule has 0 heterocycles. The van der Waals surface area contributed by atoms with Crippen LogP contribution in [0.2, 0.25) is 0 Å². The third-order valence-corrected chi connectivity index (χ3v) is 5.52. The second-order valence-corrected chi connectivity index (χ2v) is 7.73. The van der Waals surface area contributed by atoms with Gasteiger partial charge in [-0.2, -0.15) is 0 Å². The number of hydrogen-bond donors (Lipinski definition) is 3. The highest BCUT2D eigenvalue weighted by Gasteiger charge is 2.35. The van der Waals surface area contributed by atoms with Crippen LogP contribution in [0.5, 0.6) is 5.75 Å². The first kappa shape index (κ1) is 18.7. The van der Waals surface area contributed by atoms with Gasteiger partial charge in [0.1, 0.15) is 15.9 Å². The van der Waals surface area contributed by atoms with E-state index in [2.05, 4.69) is 5.32 Å². The van der Waals surface area contributed by atoms with Crippen LogP contribution in [0, 0.1) is 0 Å². The Kier molecular flexibility index (Phi) is 4.14. The smallest absolute Gasteiger partial charge is 0.196 e. The number of rotatable bonds is 3. The number of carbonyl (C=O) groups excluding carboxylic acids is 2. The minimum absolute atomic E-state index is 0.0608. The molecular weight excluding hydrogens is 396 g/mol. The predicted octanol–water partition coefficient (Wildman–Crippen LogP) is 2.40. The van der Waals surface area contributed by atoms with E-state index < -0.39 is 32.3 Å². The molecule has 4 rings (SSSR count). The van der Waals surface area contributed by atoms with Crippen LogP contribution in [0.25, 0.3) is 0 Å². The van der Waals surface area contributed by atoms with E-state index in [1.807, 2.05) is 0 Å². The van der Waals surface area contributed by atoms with Gasteiger partial charge in [0.05, 0.1) is 33.1 Å². The fourth-order valence-corrected chi connectivity index (χ4v) is 3.96. The van der Waals surface area contributed by atoms with Gasteiger partial charge in [0.15, 0.2) is 11.6 Å². The van der Waals surface area contributed by atoms with Gasteiger partial charge in [0.25, 0.3) is 0 Å². The Morgan fingerprint density at radius 3 is 2.00 bits per heavy atom. The maximum absolute atomic E-state index is 13.1. The van der Waals surface area contributed by atoms with Crippen LogP contribution >= 0.6 is 0 Å². The molecule has 4 N–H and O–H groups in total. The minimum Gasteiger partial charge on any atom is -0.744 e. The fraction of sp³-hybridized carbons (Fsp3) is 0. The zero-order valence-corrected chi connectivity index (χ0v) is 15.5. The number of nitrogens with one attached hydrogen (secondary N) is 1. The largest absolute Gasteiger partial charge is 0.744 e. The first-order chi connectivity index (χ1) is 13.7. The molecule has 0 radical (unpaired) electrons. The molecule has 0 saturated heterocycles. The number of para-hydroxylation sites is 2. The number of ketones is 2. The van der Waals surface area contributed by atoms with Crippen molar-refractivity contribution in [3.05, 3.63) is 76.9 Å². The number of anilines is 3. The van der Waals surface area contributed by atoms with E-state index in [1.54, 1.807) is 24.3 Å². The highest BCUT2D eigenvalue weighted by Crippen LogP contribution is 2.40. The molecule has 0 spiro atoms. The number of carbonyl (C=O) groups is 2. The van der Waals surface area contributed by atoms with Crippen LogP contribution < -0.4 is 11.1 Å². The van der Waals surface area contributed by atoms with Crippen LogP contribution in [0.1, 0.15) is 31.8 Å². The first-order valence-electron chi connectivity index (χ1n) is 8.36. The second-order valence-electron chi connectivity index (χ2n) is 6.39. The summed E-state index contributed by atoms with van der Waals surface area (Å²) in [5, 5.41) is 12.8. The summed E-state index contributed by atoms with van der Waals surface area (Å²) in [6.07, 6.45) is 0. The number of phenols is 1. The average molecular weight is 409 g/mol. The van der Waals surface area contributed by atoms with Crippen molar-refractivity contribution < 1.29 is 27.7 Å². The molecule has 0 atom stereocenters. The van der Waals surface area contributed by atoms with Crippen molar-refractivity contribution in [3.8, 4) is 5.75 Å². The van der Waals surface area contributed by atoms with Crippen molar-refractivity contribution in [2.24, 2.45) is 0 Å². The number of benzene rings is 3. The second kappa shape index (κ2) is 6.43. The normalized spacial score (nSPS) is 13.0. The van der Waals surface area contributed by atoms with Crippen molar-refractivity contribution in [2.45, 2.75) is 4.90 Å². The van der Waals surface area contributed by atoms with Gasteiger partial charge in [0, 0.05) is 11.1 Å². The molecule has 1 aliphatic carbocycles. The van der Waals surface area contributed by atoms with E-state index in [1.165, 1.54) is 24.3 Å². The van der Waals surface area contributed by atoms with Crippen molar-refractivity contribution in [1.29, 1.82) is 0 Å². The van der Waals surface area contributed by atoms with Crippen molar-refractivity contribution in [3.63, 3.8) is 0 Å². The van der Waals surface area contributed by atoms with Crippen LogP contribution in [-0.2, 0) is 10.1 Å². The van der Waals surface area contributed by atoms with Crippen LogP contribution in [0.4, 0.5) is 17.1 Å². The number of aromatic hydroxyl groups is 1. The molecule has 3 aromatic rings. The highest BCUT2D eigenvalue weighted by molar-refractivity contribution is 7.86. The Bertz CT molecular complexity index is 1310. The fourth-order valence-electron chi connectivity index (χ4n) is 3.32. The number of nitrogen functional groups attached to an aromatic ring is 1. The topological polar surface area (TPSA) is 150 Å². The van der Waals surface area contributed by atoms with Crippen LogP contribution in [-0.4, -0.2) is 29.6 Å². The van der Waals surface area contributed by atoms with Gasteiger partial charge in [0.2, 0.25) is 0 Å². The summed E-state index contributed by atoms with van der Waals surface area (Å²) in [6.45, 7) is 0. The minimum atomic E-state index is -5.05. The standard InChI is InChI=1S/C20H14N2O6S/c21-18-15(29(26,27)28)9-13(22-12-7-3-4-8-14(12)23)16-17(18)20(25)11-6-2-1-5-10(11)19(16)24/h1-9,22-23H,21H2,(H,26,27,28)/p-1. The van der Waals surface area contributed by atoms with Crippen molar-refractivity contribution in [2.75, 3.05) is 11.1 Å². The molecule has 0 aromatic heterocycles. The number of hydrogen-bond acceptors (Lipinski definition) is 8. The zero-order valence-electron chi connectivity index (χ0n) is 14.7. The van der Waals surface area contributed by atoms with E-state index in [0.717, 1.165) is 6.07 Å². The molecular formula is C20H13N2O6S-. The van der Waals surface area contributed by atoms with Crippen molar-refractivity contribution >= 4 is 38.7 Å². The molecule has 3 aromatic carbocycles. The monoisotopic (exact) mass is 409 g/mol. The molecule has 29 heavy (non-hydrogen) atoms. The van der Waals surface area contributed by atoms with Crippen molar-refractivity contribution in [1.82, 2.24) is 0 Å². The first-order valence-corrected chi connectivity index (χ1v) is 9.76. The SMILES string of the molecule is Nc1c(S(=O)(=O)[O-])cc(Nc2ccccc2O)c2c1C(=O)c1ccccc1C2=O. The summed E-state index contributed by atoms with van der Waals surface area (Å²) in [5.74, 6) is -1.41. The van der Waals surface area contributed by atoms with Gasteiger partial charge in [-0.25, -0.2) is 8.42 Å². The maximum Gasteiger partial charge on any atom is 0.196 e. The van der Waals surface area contributed by atoms with Gasteiger partial charge < -0.3 is 20.7 Å². The molecule has 0 fully saturated rings. The van der Waals surface area contributed by atoms with E-state index >= 15 is 0 Å². The van der Waals surface area contributed by atoms with Crippen LogP contribution in [0.15, 0.2) is 59.5 Å². The number of fused-ring (bicyclic) bond motifs is 2. The molecule has 0 bridgehead atoms. The molecule has 1 aliphatic rings. The number of nitrogens with two attached hydrogens (primary N) is 1. The Labute approximate surface area is 165 Å². The zero-order chi connectivity index (χ0) is 20.9. The quantitative estimate of drug-likeness (QED) is 0.265. The summed E-state index contributed by atoms with van der Waals surface area (Å²) in [7, 11) is -5.05. The van der Waals surface area contributed by atoms with Gasteiger partial charge in [-0.05, 0) is 18.2 Å². The van der Waals surface area contributed by atoms with Gasteiger partial charge in [-0.3, -0.25) is 9.59 Å². The summed E-state index contributed by atoms with van der Waals surface area (Å²) >= 11 is 0. The highest BCUT2D eigenvalue weighted by atomic mass is 32.2. The van der Waals surface area contributed by atoms with Gasteiger partial charge >= 0.3 is 0 Å². The summed E-state index contributed by atoms with van der Waals surface area (Å²) < 4.78 is 35.2. The lowest BCUT2D eigenvalue weighted by Gasteiger charge is -2.25. The van der Waals surface area contributed by atoms with E-state index in [0.29, 0.717) is 0 Å². The van der Waals surface area contributed by atoms with E-state index in [4.69, 9.17) is 5.73 Å². The lowest BCUT2D eigenvalue weighted by Crippen LogP contribution is -2.25. The third-order valence-electron chi connectivity index (χ3n) is 4.64. The van der Waals surface area contributed by atoms with Gasteiger partial charge in [-0.15, -0.1) is 0 Å². The van der Waals surface area contributed by atoms with E-state index in [9.17, 15) is 27.7 Å². The maximum atomic E-state index is 13.1. The van der Waals surface area contributed by atoms with E-state index in [-0.39, 0.29) is 39.4 Å². The Balaban J connectivity index is 2.05.